The number of carbonyl (C=O) groups excluding carboxylic acids is 1. The van der Waals surface area contributed by atoms with Crippen LogP contribution < -0.4 is 5.73 Å². The van der Waals surface area contributed by atoms with Gasteiger partial charge in [0.05, 0.1) is 5.41 Å². The van der Waals surface area contributed by atoms with E-state index in [2.05, 4.69) is 24.8 Å². The molecule has 1 aliphatic heterocycles. The van der Waals surface area contributed by atoms with Crippen molar-refractivity contribution >= 4 is 17.5 Å². The number of halogens is 1. The molecule has 1 heterocycles. The van der Waals surface area contributed by atoms with E-state index in [9.17, 15) is 4.79 Å². The second-order valence-corrected chi connectivity index (χ2v) is 6.83. The summed E-state index contributed by atoms with van der Waals surface area (Å²) in [5.41, 5.74) is 6.75. The van der Waals surface area contributed by atoms with Gasteiger partial charge in [-0.25, -0.2) is 0 Å². The van der Waals surface area contributed by atoms with Crippen LogP contribution in [-0.2, 0) is 11.3 Å². The van der Waals surface area contributed by atoms with Crippen LogP contribution in [0.25, 0.3) is 0 Å². The third-order valence-corrected chi connectivity index (χ3v) is 5.39. The highest BCUT2D eigenvalue weighted by atomic mass is 35.5. The number of rotatable bonds is 6. The summed E-state index contributed by atoms with van der Waals surface area (Å²) in [7, 11) is 0. The van der Waals surface area contributed by atoms with Gasteiger partial charge in [0.15, 0.2) is 0 Å². The van der Waals surface area contributed by atoms with E-state index < -0.39 is 0 Å². The average molecular weight is 338 g/mol. The molecular weight excluding hydrogens is 310 g/mol. The molecule has 1 fully saturated rings. The molecule has 1 aromatic rings. The smallest absolute Gasteiger partial charge is 0.230 e. The summed E-state index contributed by atoms with van der Waals surface area (Å²) < 4.78 is 0. The molecule has 2 N–H and O–H groups in total. The molecule has 2 rings (SSSR count). The van der Waals surface area contributed by atoms with E-state index in [0.717, 1.165) is 50.6 Å². The van der Waals surface area contributed by atoms with Crippen LogP contribution in [0.3, 0.4) is 0 Å². The highest BCUT2D eigenvalue weighted by Crippen LogP contribution is 2.28. The molecule has 0 aromatic heterocycles. The SMILES string of the molecule is CCC(CC)(CN)C(=O)N1CCN(Cc2cccc(Cl)c2)CC1. The Kier molecular flexibility index (Phi) is 6.45. The normalized spacial score (nSPS) is 16.6. The minimum atomic E-state index is -0.380. The number of nitrogens with two attached hydrogens (primary N) is 1. The van der Waals surface area contributed by atoms with Gasteiger partial charge in [0.2, 0.25) is 5.91 Å². The summed E-state index contributed by atoms with van der Waals surface area (Å²) in [6.07, 6.45) is 1.61. The van der Waals surface area contributed by atoms with Crippen LogP contribution >= 0.6 is 11.6 Å². The van der Waals surface area contributed by atoms with Gasteiger partial charge in [-0.3, -0.25) is 9.69 Å². The molecule has 128 valence electrons. The standard InChI is InChI=1S/C18H28ClN3O/c1-3-18(4-2,14-20)17(23)22-10-8-21(9-11-22)13-15-6-5-7-16(19)12-15/h5-7,12H,3-4,8-11,13-14,20H2,1-2H3. The molecule has 0 radical (unpaired) electrons. The van der Waals surface area contributed by atoms with E-state index in [4.69, 9.17) is 17.3 Å². The number of hydrogen-bond donors (Lipinski definition) is 1. The fourth-order valence-corrected chi connectivity index (χ4v) is 3.48. The summed E-state index contributed by atoms with van der Waals surface area (Å²) in [6.45, 7) is 8.78. The molecule has 0 unspecified atom stereocenters. The molecule has 0 aliphatic carbocycles. The van der Waals surface area contributed by atoms with Crippen molar-refractivity contribution in [3.63, 3.8) is 0 Å². The Labute approximate surface area is 144 Å². The molecule has 0 bridgehead atoms. The molecule has 23 heavy (non-hydrogen) atoms. The highest BCUT2D eigenvalue weighted by Gasteiger charge is 2.37. The van der Waals surface area contributed by atoms with Gasteiger partial charge in [-0.2, -0.15) is 0 Å². The third kappa shape index (κ3) is 4.25. The zero-order chi connectivity index (χ0) is 16.9. The third-order valence-electron chi connectivity index (χ3n) is 5.15. The Morgan fingerprint density at radius 1 is 1.22 bits per heavy atom. The van der Waals surface area contributed by atoms with Crippen molar-refractivity contribution < 1.29 is 4.79 Å². The van der Waals surface area contributed by atoms with Gasteiger partial charge in [0.1, 0.15) is 0 Å². The van der Waals surface area contributed by atoms with Gasteiger partial charge < -0.3 is 10.6 Å². The van der Waals surface area contributed by atoms with Crippen LogP contribution in [0.2, 0.25) is 5.02 Å². The summed E-state index contributed by atoms with van der Waals surface area (Å²) >= 11 is 6.04. The maximum Gasteiger partial charge on any atom is 0.230 e. The Morgan fingerprint density at radius 2 is 1.87 bits per heavy atom. The lowest BCUT2D eigenvalue weighted by Crippen LogP contribution is -2.54. The number of amides is 1. The fraction of sp³-hybridized carbons (Fsp3) is 0.611. The fourth-order valence-electron chi connectivity index (χ4n) is 3.27. The second kappa shape index (κ2) is 8.13. The molecule has 0 atom stereocenters. The van der Waals surface area contributed by atoms with Gasteiger partial charge >= 0.3 is 0 Å². The molecule has 1 amide bonds. The van der Waals surface area contributed by atoms with Crippen LogP contribution in [0.4, 0.5) is 0 Å². The zero-order valence-corrected chi connectivity index (χ0v) is 15.0. The minimum absolute atomic E-state index is 0.229. The van der Waals surface area contributed by atoms with Crippen molar-refractivity contribution in [1.82, 2.24) is 9.80 Å². The van der Waals surface area contributed by atoms with E-state index in [0.29, 0.717) is 6.54 Å². The Hall–Kier alpha value is -1.10. The Balaban J connectivity index is 1.92. The highest BCUT2D eigenvalue weighted by molar-refractivity contribution is 6.30. The minimum Gasteiger partial charge on any atom is -0.340 e. The van der Waals surface area contributed by atoms with E-state index in [1.807, 2.05) is 23.1 Å². The first-order chi connectivity index (χ1) is 11.0. The molecule has 0 saturated carbocycles. The van der Waals surface area contributed by atoms with Crippen molar-refractivity contribution in [2.45, 2.75) is 33.2 Å². The molecular formula is C18H28ClN3O. The van der Waals surface area contributed by atoms with Crippen molar-refractivity contribution in [3.8, 4) is 0 Å². The van der Waals surface area contributed by atoms with Crippen molar-refractivity contribution in [1.29, 1.82) is 0 Å². The van der Waals surface area contributed by atoms with Crippen LogP contribution in [0.15, 0.2) is 24.3 Å². The monoisotopic (exact) mass is 337 g/mol. The van der Waals surface area contributed by atoms with Crippen LogP contribution in [0.1, 0.15) is 32.3 Å². The zero-order valence-electron chi connectivity index (χ0n) is 14.2. The van der Waals surface area contributed by atoms with E-state index in [-0.39, 0.29) is 11.3 Å². The van der Waals surface area contributed by atoms with Gasteiger partial charge in [-0.05, 0) is 30.5 Å². The van der Waals surface area contributed by atoms with E-state index >= 15 is 0 Å². The number of carbonyl (C=O) groups is 1. The molecule has 4 nitrogen and oxygen atoms in total. The predicted molar refractivity (Wildman–Crippen MR) is 95.4 cm³/mol. The van der Waals surface area contributed by atoms with Gasteiger partial charge in [0.25, 0.3) is 0 Å². The molecule has 5 heteroatoms. The van der Waals surface area contributed by atoms with Crippen LogP contribution in [0, 0.1) is 5.41 Å². The van der Waals surface area contributed by atoms with Crippen molar-refractivity contribution in [2.24, 2.45) is 11.1 Å². The predicted octanol–water partition coefficient (Wildman–Crippen LogP) is 2.75. The summed E-state index contributed by atoms with van der Waals surface area (Å²) in [5, 5.41) is 0.773. The summed E-state index contributed by atoms with van der Waals surface area (Å²) in [4.78, 5) is 17.2. The lowest BCUT2D eigenvalue weighted by atomic mass is 9.81. The second-order valence-electron chi connectivity index (χ2n) is 6.39. The first-order valence-corrected chi connectivity index (χ1v) is 8.88. The molecule has 1 saturated heterocycles. The quantitative estimate of drug-likeness (QED) is 0.868. The van der Waals surface area contributed by atoms with Gasteiger partial charge in [0, 0.05) is 44.3 Å². The van der Waals surface area contributed by atoms with Crippen molar-refractivity contribution in [3.05, 3.63) is 34.9 Å². The largest absolute Gasteiger partial charge is 0.340 e. The number of benzene rings is 1. The lowest BCUT2D eigenvalue weighted by Gasteiger charge is -2.40. The molecule has 0 spiro atoms. The van der Waals surface area contributed by atoms with E-state index in [1.165, 1.54) is 5.56 Å². The molecule has 1 aliphatic rings. The summed E-state index contributed by atoms with van der Waals surface area (Å²) in [5.74, 6) is 0.229. The number of nitrogens with zero attached hydrogens (tertiary/aromatic N) is 2. The average Bonchev–Trinajstić information content (AvgIpc) is 2.57. The first kappa shape index (κ1) is 18.2. The first-order valence-electron chi connectivity index (χ1n) is 8.51. The molecule has 1 aromatic carbocycles. The van der Waals surface area contributed by atoms with E-state index in [1.54, 1.807) is 0 Å². The van der Waals surface area contributed by atoms with Gasteiger partial charge in [-0.15, -0.1) is 0 Å². The van der Waals surface area contributed by atoms with Gasteiger partial charge in [-0.1, -0.05) is 37.6 Å². The lowest BCUT2D eigenvalue weighted by molar-refractivity contribution is -0.144. The Morgan fingerprint density at radius 3 is 2.39 bits per heavy atom. The van der Waals surface area contributed by atoms with Crippen LogP contribution in [0.5, 0.6) is 0 Å². The summed E-state index contributed by atoms with van der Waals surface area (Å²) in [6, 6.07) is 7.98. The maximum atomic E-state index is 12.8. The number of hydrogen-bond acceptors (Lipinski definition) is 3. The number of piperazine rings is 1. The van der Waals surface area contributed by atoms with Crippen LogP contribution in [-0.4, -0.2) is 48.4 Å². The van der Waals surface area contributed by atoms with Crippen molar-refractivity contribution in [2.75, 3.05) is 32.7 Å². The maximum absolute atomic E-state index is 12.8. The Bertz CT molecular complexity index is 514. The topological polar surface area (TPSA) is 49.6 Å².